The number of hydrogen-bond acceptors (Lipinski definition) is 5. The molecule has 2 aromatic rings. The summed E-state index contributed by atoms with van der Waals surface area (Å²) in [7, 11) is 0. The fraction of sp³-hybridized carbons (Fsp3) is 0.261. The van der Waals surface area contributed by atoms with Crippen molar-refractivity contribution in [1.29, 1.82) is 5.26 Å². The van der Waals surface area contributed by atoms with Crippen molar-refractivity contribution >= 4 is 29.3 Å². The lowest BCUT2D eigenvalue weighted by atomic mass is 9.87. The molecule has 2 aromatic carbocycles. The number of nitrogens with one attached hydrogen (secondary N) is 2. The minimum atomic E-state index is -4.52. The van der Waals surface area contributed by atoms with Gasteiger partial charge in [0.1, 0.15) is 5.75 Å². The number of carbonyl (C=O) groups is 2. The van der Waals surface area contributed by atoms with E-state index in [-0.39, 0.29) is 28.8 Å². The van der Waals surface area contributed by atoms with Gasteiger partial charge in [0.15, 0.2) is 0 Å². The molecule has 2 N–H and O–H groups in total. The number of ether oxygens (including phenoxy) is 1. The molecule has 0 bridgehead atoms. The largest absolute Gasteiger partial charge is 0.494 e. The van der Waals surface area contributed by atoms with Crippen molar-refractivity contribution in [3.63, 3.8) is 0 Å². The van der Waals surface area contributed by atoms with Crippen molar-refractivity contribution in [2.24, 2.45) is 0 Å². The molecule has 1 aliphatic rings. The zero-order valence-electron chi connectivity index (χ0n) is 17.5. The molecule has 6 nitrogen and oxygen atoms in total. The van der Waals surface area contributed by atoms with Gasteiger partial charge in [0.25, 0.3) is 0 Å². The maximum absolute atomic E-state index is 12.9. The van der Waals surface area contributed by atoms with Crippen LogP contribution in [-0.4, -0.2) is 24.2 Å². The molecule has 1 heterocycles. The molecule has 3 rings (SSSR count). The van der Waals surface area contributed by atoms with Gasteiger partial charge in [0, 0.05) is 18.0 Å². The van der Waals surface area contributed by atoms with Gasteiger partial charge in [0.2, 0.25) is 11.8 Å². The molecule has 172 valence electrons. The highest BCUT2D eigenvalue weighted by Crippen LogP contribution is 2.36. The molecule has 0 aromatic heterocycles. The summed E-state index contributed by atoms with van der Waals surface area (Å²) < 4.78 is 44.0. The molecule has 0 aliphatic carbocycles. The molecule has 10 heteroatoms. The summed E-state index contributed by atoms with van der Waals surface area (Å²) in [6, 6.07) is 13.5. The van der Waals surface area contributed by atoms with Crippen LogP contribution in [0.25, 0.3) is 0 Å². The number of nitriles is 1. The number of halogens is 3. The number of allylic oxidation sites excluding steroid dienone is 1. The number of nitrogens with zero attached hydrogens (tertiary/aromatic N) is 1. The van der Waals surface area contributed by atoms with Crippen LogP contribution in [0.5, 0.6) is 5.75 Å². The van der Waals surface area contributed by atoms with Crippen LogP contribution < -0.4 is 15.4 Å². The highest BCUT2D eigenvalue weighted by molar-refractivity contribution is 8.03. The van der Waals surface area contributed by atoms with Crippen molar-refractivity contribution in [2.75, 3.05) is 17.7 Å². The van der Waals surface area contributed by atoms with Gasteiger partial charge in [0.05, 0.1) is 34.6 Å². The third-order valence-electron chi connectivity index (χ3n) is 4.77. The van der Waals surface area contributed by atoms with Crippen LogP contribution in [0.3, 0.4) is 0 Å². The molecule has 0 spiro atoms. The molecule has 0 saturated heterocycles. The van der Waals surface area contributed by atoms with Crippen molar-refractivity contribution in [2.45, 2.75) is 25.4 Å². The Balaban J connectivity index is 1.72. The monoisotopic (exact) mass is 475 g/mol. The lowest BCUT2D eigenvalue weighted by Crippen LogP contribution is -2.31. The Hall–Kier alpha value is -3.45. The lowest BCUT2D eigenvalue weighted by Gasteiger charge is -2.25. The van der Waals surface area contributed by atoms with Gasteiger partial charge < -0.3 is 15.4 Å². The molecule has 0 radical (unpaired) electrons. The Morgan fingerprint density at radius 3 is 2.64 bits per heavy atom. The fourth-order valence-electron chi connectivity index (χ4n) is 3.29. The van der Waals surface area contributed by atoms with Gasteiger partial charge in [-0.2, -0.15) is 18.4 Å². The average Bonchev–Trinajstić information content (AvgIpc) is 2.77. The van der Waals surface area contributed by atoms with Crippen LogP contribution in [0.4, 0.5) is 18.9 Å². The molecular formula is C23H20F3N3O3S. The molecule has 0 fully saturated rings. The van der Waals surface area contributed by atoms with E-state index in [9.17, 15) is 28.0 Å². The second-order valence-electron chi connectivity index (χ2n) is 7.08. The van der Waals surface area contributed by atoms with E-state index in [0.717, 1.165) is 29.5 Å². The third kappa shape index (κ3) is 6.29. The summed E-state index contributed by atoms with van der Waals surface area (Å²) >= 11 is 0.947. The number of anilines is 1. The van der Waals surface area contributed by atoms with Gasteiger partial charge in [-0.05, 0) is 42.8 Å². The van der Waals surface area contributed by atoms with Gasteiger partial charge in [-0.3, -0.25) is 9.59 Å². The van der Waals surface area contributed by atoms with E-state index in [0.29, 0.717) is 17.9 Å². The van der Waals surface area contributed by atoms with Crippen molar-refractivity contribution < 1.29 is 27.5 Å². The molecular weight excluding hydrogens is 455 g/mol. The highest BCUT2D eigenvalue weighted by Gasteiger charge is 2.31. The van der Waals surface area contributed by atoms with E-state index in [4.69, 9.17) is 4.74 Å². The molecule has 1 atom stereocenters. The topological polar surface area (TPSA) is 91.2 Å². The van der Waals surface area contributed by atoms with Gasteiger partial charge in [-0.1, -0.05) is 30.0 Å². The standard InChI is InChI=1S/C23H20F3N3O3S/c1-2-32-17-8-6-14(7-9-17)18-11-20(30)29-22(19(18)12-27)33-13-21(31)28-16-5-3-4-15(10-16)23(24,25)26/h3-10,18H,2,11,13H2,1H3,(H,28,31)(H,29,30)/t18-/m1/s1. The van der Waals surface area contributed by atoms with E-state index < -0.39 is 23.6 Å². The summed E-state index contributed by atoms with van der Waals surface area (Å²) in [5, 5.41) is 15.0. The maximum Gasteiger partial charge on any atom is 0.416 e. The van der Waals surface area contributed by atoms with Crippen molar-refractivity contribution in [1.82, 2.24) is 5.32 Å². The Morgan fingerprint density at radius 1 is 1.27 bits per heavy atom. The lowest BCUT2D eigenvalue weighted by molar-refractivity contribution is -0.137. The summed E-state index contributed by atoms with van der Waals surface area (Å²) in [6.45, 7) is 2.38. The maximum atomic E-state index is 12.9. The normalized spacial score (nSPS) is 16.1. The zero-order valence-corrected chi connectivity index (χ0v) is 18.3. The van der Waals surface area contributed by atoms with Crippen LogP contribution in [0.15, 0.2) is 59.1 Å². The van der Waals surface area contributed by atoms with Crippen molar-refractivity contribution in [3.8, 4) is 11.8 Å². The van der Waals surface area contributed by atoms with Gasteiger partial charge >= 0.3 is 6.18 Å². The first-order valence-electron chi connectivity index (χ1n) is 9.98. The minimum absolute atomic E-state index is 0.00450. The third-order valence-corrected chi connectivity index (χ3v) is 5.79. The average molecular weight is 475 g/mol. The van der Waals surface area contributed by atoms with E-state index in [1.54, 1.807) is 24.3 Å². The number of rotatable bonds is 7. The van der Waals surface area contributed by atoms with E-state index >= 15 is 0 Å². The SMILES string of the molecule is CCOc1ccc([C@H]2CC(=O)NC(SCC(=O)Nc3cccc(C(F)(F)F)c3)=C2C#N)cc1. The number of alkyl halides is 3. The molecule has 0 unspecified atom stereocenters. The van der Waals surface area contributed by atoms with Crippen LogP contribution in [0, 0.1) is 11.3 Å². The first-order chi connectivity index (χ1) is 15.7. The Morgan fingerprint density at radius 2 is 2.00 bits per heavy atom. The minimum Gasteiger partial charge on any atom is -0.494 e. The summed E-state index contributed by atoms with van der Waals surface area (Å²) in [5.74, 6) is -0.874. The van der Waals surface area contributed by atoms with Crippen LogP contribution in [0.1, 0.15) is 30.4 Å². The van der Waals surface area contributed by atoms with E-state index in [1.807, 2.05) is 6.92 Å². The second kappa shape index (κ2) is 10.4. The Kier molecular flexibility index (Phi) is 7.66. The quantitative estimate of drug-likeness (QED) is 0.600. The molecule has 1 aliphatic heterocycles. The smallest absolute Gasteiger partial charge is 0.416 e. The molecule has 2 amide bonds. The molecule has 0 saturated carbocycles. The highest BCUT2D eigenvalue weighted by atomic mass is 32.2. The Bertz CT molecular complexity index is 1110. The van der Waals surface area contributed by atoms with Gasteiger partial charge in [-0.25, -0.2) is 0 Å². The van der Waals surface area contributed by atoms with Crippen LogP contribution in [0.2, 0.25) is 0 Å². The van der Waals surface area contributed by atoms with Crippen LogP contribution >= 0.6 is 11.8 Å². The van der Waals surface area contributed by atoms with Crippen molar-refractivity contribution in [3.05, 3.63) is 70.3 Å². The number of hydrogen-bond donors (Lipinski definition) is 2. The Labute approximate surface area is 192 Å². The fourth-order valence-corrected chi connectivity index (χ4v) is 4.17. The van der Waals surface area contributed by atoms with E-state index in [2.05, 4.69) is 16.7 Å². The summed E-state index contributed by atoms with van der Waals surface area (Å²) in [4.78, 5) is 24.6. The predicted octanol–water partition coefficient (Wildman–Crippen LogP) is 4.81. The number of carbonyl (C=O) groups excluding carboxylic acids is 2. The number of amides is 2. The summed E-state index contributed by atoms with van der Waals surface area (Å²) in [5.41, 5.74) is 0.206. The van der Waals surface area contributed by atoms with Gasteiger partial charge in [-0.15, -0.1) is 0 Å². The number of thioether (sulfide) groups is 1. The first-order valence-corrected chi connectivity index (χ1v) is 11.0. The second-order valence-corrected chi connectivity index (χ2v) is 8.06. The predicted molar refractivity (Wildman–Crippen MR) is 118 cm³/mol. The van der Waals surface area contributed by atoms with Crippen LogP contribution in [-0.2, 0) is 15.8 Å². The first kappa shape index (κ1) is 24.2. The summed E-state index contributed by atoms with van der Waals surface area (Å²) in [6.07, 6.45) is -4.44. The zero-order chi connectivity index (χ0) is 24.0. The number of benzene rings is 2. The van der Waals surface area contributed by atoms with E-state index in [1.165, 1.54) is 12.1 Å². The molecule has 33 heavy (non-hydrogen) atoms.